The molecule has 0 aliphatic carbocycles. The Morgan fingerprint density at radius 1 is 0.739 bits per heavy atom. The number of rotatable bonds is 2. The van der Waals surface area contributed by atoms with E-state index in [0.717, 1.165) is 22.4 Å². The van der Waals surface area contributed by atoms with Gasteiger partial charge >= 0.3 is 0 Å². The Hall–Kier alpha value is -2.87. The van der Waals surface area contributed by atoms with Crippen molar-refractivity contribution in [3.63, 3.8) is 0 Å². The fraction of sp³-hybridized carbons (Fsp3) is 0.0952. The number of nitrogens with zero attached hydrogens (tertiary/aromatic N) is 1. The SMILES string of the molecule is CC1(c2ccccc2)c2ccccc2C(=O)N1c1ccccc1. The lowest BCUT2D eigenvalue weighted by Gasteiger charge is -2.36. The maximum absolute atomic E-state index is 13.1. The average Bonchev–Trinajstić information content (AvgIpc) is 2.86. The van der Waals surface area contributed by atoms with Gasteiger partial charge in [-0.3, -0.25) is 9.69 Å². The second kappa shape index (κ2) is 5.10. The van der Waals surface area contributed by atoms with E-state index in [4.69, 9.17) is 0 Å². The maximum Gasteiger partial charge on any atom is 0.259 e. The molecule has 0 N–H and O–H groups in total. The molecule has 2 nitrogen and oxygen atoms in total. The van der Waals surface area contributed by atoms with Crippen LogP contribution in [0, 0.1) is 0 Å². The minimum absolute atomic E-state index is 0.0538. The minimum atomic E-state index is -0.504. The van der Waals surface area contributed by atoms with Crippen molar-refractivity contribution in [2.75, 3.05) is 4.90 Å². The third-order valence-corrected chi connectivity index (χ3v) is 4.68. The molecule has 112 valence electrons. The van der Waals surface area contributed by atoms with Gasteiger partial charge in [0.25, 0.3) is 5.91 Å². The zero-order chi connectivity index (χ0) is 15.9. The molecule has 3 aromatic carbocycles. The summed E-state index contributed by atoms with van der Waals surface area (Å²) in [6.45, 7) is 2.12. The second-order valence-electron chi connectivity index (χ2n) is 5.96. The number of carbonyl (C=O) groups is 1. The summed E-state index contributed by atoms with van der Waals surface area (Å²) in [6, 6.07) is 28.0. The van der Waals surface area contributed by atoms with Gasteiger partial charge in [0, 0.05) is 11.3 Å². The van der Waals surface area contributed by atoms with Crippen molar-refractivity contribution in [2.24, 2.45) is 0 Å². The third kappa shape index (κ3) is 1.92. The van der Waals surface area contributed by atoms with Crippen LogP contribution in [0.2, 0.25) is 0 Å². The molecule has 4 rings (SSSR count). The Morgan fingerprint density at radius 3 is 2.00 bits per heavy atom. The van der Waals surface area contributed by atoms with Crippen LogP contribution in [-0.4, -0.2) is 5.91 Å². The van der Waals surface area contributed by atoms with Gasteiger partial charge in [-0.15, -0.1) is 0 Å². The summed E-state index contributed by atoms with van der Waals surface area (Å²) in [7, 11) is 0. The zero-order valence-corrected chi connectivity index (χ0v) is 12.9. The van der Waals surface area contributed by atoms with Crippen molar-refractivity contribution in [1.82, 2.24) is 0 Å². The van der Waals surface area contributed by atoms with Gasteiger partial charge < -0.3 is 0 Å². The van der Waals surface area contributed by atoms with Crippen LogP contribution in [0.5, 0.6) is 0 Å². The van der Waals surface area contributed by atoms with Crippen LogP contribution in [-0.2, 0) is 5.54 Å². The first-order valence-corrected chi connectivity index (χ1v) is 7.77. The highest BCUT2D eigenvalue weighted by Crippen LogP contribution is 2.46. The van der Waals surface area contributed by atoms with Crippen LogP contribution in [0.4, 0.5) is 5.69 Å². The monoisotopic (exact) mass is 299 g/mol. The van der Waals surface area contributed by atoms with Crippen molar-refractivity contribution in [3.8, 4) is 0 Å². The Balaban J connectivity index is 2.01. The molecule has 0 fully saturated rings. The summed E-state index contributed by atoms with van der Waals surface area (Å²) in [5.74, 6) is 0.0538. The number of hydrogen-bond acceptors (Lipinski definition) is 1. The number of fused-ring (bicyclic) bond motifs is 1. The van der Waals surface area contributed by atoms with E-state index in [9.17, 15) is 4.79 Å². The van der Waals surface area contributed by atoms with Gasteiger partial charge in [0.15, 0.2) is 0 Å². The van der Waals surface area contributed by atoms with E-state index in [1.165, 1.54) is 0 Å². The third-order valence-electron chi connectivity index (χ3n) is 4.68. The van der Waals surface area contributed by atoms with Gasteiger partial charge in [-0.2, -0.15) is 0 Å². The molecule has 1 atom stereocenters. The number of benzene rings is 3. The van der Waals surface area contributed by atoms with Crippen molar-refractivity contribution >= 4 is 11.6 Å². The molecule has 1 heterocycles. The highest BCUT2D eigenvalue weighted by atomic mass is 16.2. The zero-order valence-electron chi connectivity index (χ0n) is 12.9. The molecule has 2 heteroatoms. The first-order valence-electron chi connectivity index (χ1n) is 7.77. The summed E-state index contributed by atoms with van der Waals surface area (Å²) in [4.78, 5) is 15.0. The van der Waals surface area contributed by atoms with Crippen molar-refractivity contribution in [2.45, 2.75) is 12.5 Å². The van der Waals surface area contributed by atoms with E-state index in [-0.39, 0.29) is 5.91 Å². The molecular formula is C21H17NO. The van der Waals surface area contributed by atoms with Crippen molar-refractivity contribution < 1.29 is 4.79 Å². The maximum atomic E-state index is 13.1. The van der Waals surface area contributed by atoms with E-state index in [1.54, 1.807) is 0 Å². The summed E-state index contributed by atoms with van der Waals surface area (Å²) < 4.78 is 0. The van der Waals surface area contributed by atoms with Crippen LogP contribution >= 0.6 is 0 Å². The number of carbonyl (C=O) groups excluding carboxylic acids is 1. The minimum Gasteiger partial charge on any atom is -0.294 e. The van der Waals surface area contributed by atoms with E-state index >= 15 is 0 Å². The molecule has 0 bridgehead atoms. The van der Waals surface area contributed by atoms with Crippen LogP contribution in [0.25, 0.3) is 0 Å². The van der Waals surface area contributed by atoms with Gasteiger partial charge in [0.1, 0.15) is 0 Å². The molecule has 0 saturated carbocycles. The second-order valence-corrected chi connectivity index (χ2v) is 5.96. The standard InChI is InChI=1S/C21H17NO/c1-21(16-10-4-2-5-11-16)19-15-9-8-14-18(19)20(23)22(21)17-12-6-3-7-13-17/h2-15H,1H3. The molecule has 3 aromatic rings. The number of anilines is 1. The molecule has 23 heavy (non-hydrogen) atoms. The Morgan fingerprint density at radius 2 is 1.30 bits per heavy atom. The van der Waals surface area contributed by atoms with Gasteiger partial charge in [-0.1, -0.05) is 66.7 Å². The predicted molar refractivity (Wildman–Crippen MR) is 92.6 cm³/mol. The van der Waals surface area contributed by atoms with Crippen molar-refractivity contribution in [3.05, 3.63) is 102 Å². The first-order chi connectivity index (χ1) is 11.2. The van der Waals surface area contributed by atoms with Crippen LogP contribution < -0.4 is 4.90 Å². The molecular weight excluding hydrogens is 282 g/mol. The Kier molecular flexibility index (Phi) is 3.05. The van der Waals surface area contributed by atoms with Gasteiger partial charge in [0.2, 0.25) is 0 Å². The normalized spacial score (nSPS) is 19.7. The van der Waals surface area contributed by atoms with Crippen LogP contribution in [0.3, 0.4) is 0 Å². The molecule has 1 aliphatic heterocycles. The fourth-order valence-corrected chi connectivity index (χ4v) is 3.54. The summed E-state index contributed by atoms with van der Waals surface area (Å²) in [5, 5.41) is 0. The summed E-state index contributed by atoms with van der Waals surface area (Å²) in [5.41, 5.74) is 3.36. The first kappa shape index (κ1) is 13.8. The van der Waals surface area contributed by atoms with E-state index in [0.29, 0.717) is 0 Å². The summed E-state index contributed by atoms with van der Waals surface area (Å²) >= 11 is 0. The van der Waals surface area contributed by atoms with Gasteiger partial charge in [0.05, 0.1) is 5.54 Å². The topological polar surface area (TPSA) is 20.3 Å². The molecule has 0 radical (unpaired) electrons. The van der Waals surface area contributed by atoms with Gasteiger partial charge in [-0.05, 0) is 36.2 Å². The van der Waals surface area contributed by atoms with Gasteiger partial charge in [-0.25, -0.2) is 0 Å². The predicted octanol–water partition coefficient (Wildman–Crippen LogP) is 4.61. The number of amides is 1. The molecule has 0 spiro atoms. The highest BCUT2D eigenvalue weighted by molar-refractivity contribution is 6.12. The lowest BCUT2D eigenvalue weighted by Crippen LogP contribution is -2.42. The average molecular weight is 299 g/mol. The lowest BCUT2D eigenvalue weighted by atomic mass is 9.84. The summed E-state index contributed by atoms with van der Waals surface area (Å²) in [6.07, 6.45) is 0. The lowest BCUT2D eigenvalue weighted by molar-refractivity contribution is 0.0984. The van der Waals surface area contributed by atoms with E-state index in [2.05, 4.69) is 25.1 Å². The van der Waals surface area contributed by atoms with E-state index < -0.39 is 5.54 Å². The quantitative estimate of drug-likeness (QED) is 0.676. The van der Waals surface area contributed by atoms with Crippen molar-refractivity contribution in [1.29, 1.82) is 0 Å². The van der Waals surface area contributed by atoms with E-state index in [1.807, 2.05) is 71.6 Å². The smallest absolute Gasteiger partial charge is 0.259 e. The van der Waals surface area contributed by atoms with Crippen LogP contribution in [0.1, 0.15) is 28.4 Å². The molecule has 1 unspecified atom stereocenters. The molecule has 0 saturated heterocycles. The Labute approximate surface area is 136 Å². The molecule has 1 amide bonds. The molecule has 1 aliphatic rings. The fourth-order valence-electron chi connectivity index (χ4n) is 3.54. The van der Waals surface area contributed by atoms with Crippen LogP contribution in [0.15, 0.2) is 84.9 Å². The number of hydrogen-bond donors (Lipinski definition) is 0. The number of para-hydroxylation sites is 1. The Bertz CT molecular complexity index is 857. The highest BCUT2D eigenvalue weighted by Gasteiger charge is 2.47. The molecule has 0 aromatic heterocycles. The largest absolute Gasteiger partial charge is 0.294 e.